The molecule has 1 atom stereocenters. The van der Waals surface area contributed by atoms with Gasteiger partial charge in [-0.1, -0.05) is 25.0 Å². The van der Waals surface area contributed by atoms with E-state index in [2.05, 4.69) is 0 Å². The summed E-state index contributed by atoms with van der Waals surface area (Å²) in [6.07, 6.45) is 3.56. The van der Waals surface area contributed by atoms with Crippen molar-refractivity contribution in [3.8, 4) is 0 Å². The number of hydrogen-bond acceptors (Lipinski definition) is 3. The Morgan fingerprint density at radius 3 is 2.60 bits per heavy atom. The molecule has 4 rings (SSSR count). The third-order valence-corrected chi connectivity index (χ3v) is 5.38. The minimum atomic E-state index is -0.107. The molecule has 0 radical (unpaired) electrons. The lowest BCUT2D eigenvalue weighted by Gasteiger charge is -2.36. The molecular weight excluding hydrogens is 318 g/mol. The molecule has 6 nitrogen and oxygen atoms in total. The number of rotatable bonds is 5. The van der Waals surface area contributed by atoms with E-state index < -0.39 is 0 Å². The number of carbonyl (C=O) groups is 1. The van der Waals surface area contributed by atoms with E-state index >= 15 is 0 Å². The number of fused-ring (bicyclic) bond motifs is 1. The Morgan fingerprint density at radius 1 is 1.20 bits per heavy atom. The highest BCUT2D eigenvalue weighted by Crippen LogP contribution is 2.35. The van der Waals surface area contributed by atoms with Crippen molar-refractivity contribution in [2.24, 2.45) is 5.92 Å². The molecule has 0 N–H and O–H groups in total. The van der Waals surface area contributed by atoms with Crippen LogP contribution in [0.15, 0.2) is 29.1 Å². The first kappa shape index (κ1) is 16.4. The van der Waals surface area contributed by atoms with Crippen molar-refractivity contribution in [1.82, 2.24) is 14.0 Å². The fourth-order valence-electron chi connectivity index (χ4n) is 3.87. The molecular formula is C19H25N3O3. The minimum absolute atomic E-state index is 0.0232. The molecule has 2 fully saturated rings. The summed E-state index contributed by atoms with van der Waals surface area (Å²) < 4.78 is 8.93. The molecule has 2 aromatic rings. The van der Waals surface area contributed by atoms with E-state index in [-0.39, 0.29) is 24.2 Å². The van der Waals surface area contributed by atoms with Crippen molar-refractivity contribution < 1.29 is 9.53 Å². The molecule has 2 aliphatic rings. The summed E-state index contributed by atoms with van der Waals surface area (Å²) in [4.78, 5) is 27.6. The summed E-state index contributed by atoms with van der Waals surface area (Å²) >= 11 is 0. The number of aromatic nitrogens is 2. The maximum atomic E-state index is 13.0. The van der Waals surface area contributed by atoms with E-state index in [4.69, 9.17) is 4.74 Å². The Bertz CT molecular complexity index is 834. The minimum Gasteiger partial charge on any atom is -0.377 e. The van der Waals surface area contributed by atoms with Crippen molar-refractivity contribution >= 4 is 16.9 Å². The number of morpholine rings is 1. The van der Waals surface area contributed by atoms with Gasteiger partial charge in [-0.25, -0.2) is 4.79 Å². The highest BCUT2D eigenvalue weighted by molar-refractivity contribution is 5.81. The summed E-state index contributed by atoms with van der Waals surface area (Å²) in [5.41, 5.74) is 1.61. The number of ether oxygens (including phenoxy) is 1. The van der Waals surface area contributed by atoms with E-state index in [0.717, 1.165) is 23.4 Å². The van der Waals surface area contributed by atoms with Gasteiger partial charge in [0.05, 0.1) is 30.3 Å². The standard InChI is InChI=1S/C19H25N3O3/c1-2-20-16-5-3-4-6-17(16)22(19(20)24)12-18(23)21-9-10-25-13-15(21)11-14-7-8-14/h3-6,14-15H,2,7-13H2,1H3. The number of aryl methyl sites for hydroxylation is 1. The average Bonchev–Trinajstić information content (AvgIpc) is 3.40. The van der Waals surface area contributed by atoms with Gasteiger partial charge in [0, 0.05) is 13.1 Å². The second-order valence-corrected chi connectivity index (χ2v) is 7.10. The van der Waals surface area contributed by atoms with Gasteiger partial charge < -0.3 is 9.64 Å². The van der Waals surface area contributed by atoms with Gasteiger partial charge in [-0.15, -0.1) is 0 Å². The van der Waals surface area contributed by atoms with Crippen molar-refractivity contribution in [2.75, 3.05) is 19.8 Å². The summed E-state index contributed by atoms with van der Waals surface area (Å²) in [6.45, 7) is 4.48. The first-order valence-corrected chi connectivity index (χ1v) is 9.24. The molecule has 134 valence electrons. The number of benzene rings is 1. The normalized spacial score (nSPS) is 21.0. The summed E-state index contributed by atoms with van der Waals surface area (Å²) in [5, 5.41) is 0. The smallest absolute Gasteiger partial charge is 0.329 e. The topological polar surface area (TPSA) is 56.5 Å². The van der Waals surface area contributed by atoms with Crippen LogP contribution in [-0.2, 0) is 22.6 Å². The fourth-order valence-corrected chi connectivity index (χ4v) is 3.87. The Balaban J connectivity index is 1.60. The maximum Gasteiger partial charge on any atom is 0.329 e. The number of amides is 1. The number of hydrogen-bond donors (Lipinski definition) is 0. The van der Waals surface area contributed by atoms with Crippen molar-refractivity contribution in [2.45, 2.75) is 45.3 Å². The zero-order valence-electron chi connectivity index (χ0n) is 14.7. The van der Waals surface area contributed by atoms with Gasteiger partial charge in [0.15, 0.2) is 0 Å². The van der Waals surface area contributed by atoms with Crippen LogP contribution >= 0.6 is 0 Å². The van der Waals surface area contributed by atoms with Crippen LogP contribution in [0.25, 0.3) is 11.0 Å². The largest absolute Gasteiger partial charge is 0.377 e. The van der Waals surface area contributed by atoms with Crippen LogP contribution in [-0.4, -0.2) is 45.7 Å². The molecule has 1 aliphatic carbocycles. The van der Waals surface area contributed by atoms with Gasteiger partial charge in [-0.3, -0.25) is 13.9 Å². The predicted molar refractivity (Wildman–Crippen MR) is 95.5 cm³/mol. The Hall–Kier alpha value is -2.08. The zero-order chi connectivity index (χ0) is 17.4. The third kappa shape index (κ3) is 3.11. The van der Waals surface area contributed by atoms with Crippen molar-refractivity contribution in [3.05, 3.63) is 34.7 Å². The molecule has 1 aliphatic heterocycles. The average molecular weight is 343 g/mol. The monoisotopic (exact) mass is 343 g/mol. The van der Waals surface area contributed by atoms with Gasteiger partial charge in [-0.05, 0) is 31.4 Å². The molecule has 1 aromatic carbocycles. The molecule has 1 aromatic heterocycles. The molecule has 0 bridgehead atoms. The molecule has 6 heteroatoms. The number of para-hydroxylation sites is 2. The third-order valence-electron chi connectivity index (χ3n) is 5.38. The molecule has 1 saturated heterocycles. The van der Waals surface area contributed by atoms with Crippen LogP contribution in [0.2, 0.25) is 0 Å². The fraction of sp³-hybridized carbons (Fsp3) is 0.579. The Kier molecular flexibility index (Phi) is 4.37. The number of nitrogens with zero attached hydrogens (tertiary/aromatic N) is 3. The second kappa shape index (κ2) is 6.67. The van der Waals surface area contributed by atoms with E-state index in [1.807, 2.05) is 36.1 Å². The van der Waals surface area contributed by atoms with Crippen molar-refractivity contribution in [1.29, 1.82) is 0 Å². The van der Waals surface area contributed by atoms with Crippen LogP contribution < -0.4 is 5.69 Å². The van der Waals surface area contributed by atoms with Crippen LogP contribution in [0.4, 0.5) is 0 Å². The highest BCUT2D eigenvalue weighted by atomic mass is 16.5. The van der Waals surface area contributed by atoms with Gasteiger partial charge in [0.1, 0.15) is 6.54 Å². The van der Waals surface area contributed by atoms with Gasteiger partial charge >= 0.3 is 5.69 Å². The Morgan fingerprint density at radius 2 is 1.92 bits per heavy atom. The second-order valence-electron chi connectivity index (χ2n) is 7.10. The lowest BCUT2D eigenvalue weighted by Crippen LogP contribution is -2.50. The molecule has 25 heavy (non-hydrogen) atoms. The quantitative estimate of drug-likeness (QED) is 0.832. The zero-order valence-corrected chi connectivity index (χ0v) is 14.7. The van der Waals surface area contributed by atoms with Gasteiger partial charge in [0.2, 0.25) is 5.91 Å². The Labute approximate surface area is 147 Å². The van der Waals surface area contributed by atoms with Crippen LogP contribution in [0.3, 0.4) is 0 Å². The van der Waals surface area contributed by atoms with Crippen LogP contribution in [0, 0.1) is 5.92 Å². The van der Waals surface area contributed by atoms with Gasteiger partial charge in [0.25, 0.3) is 0 Å². The molecule has 1 saturated carbocycles. The lowest BCUT2D eigenvalue weighted by atomic mass is 10.1. The van der Waals surface area contributed by atoms with E-state index in [0.29, 0.717) is 26.3 Å². The summed E-state index contributed by atoms with van der Waals surface area (Å²) in [6, 6.07) is 7.84. The SMILES string of the molecule is CCn1c(=O)n(CC(=O)N2CCOCC2CC2CC2)c2ccccc21. The first-order chi connectivity index (χ1) is 12.2. The van der Waals surface area contributed by atoms with E-state index in [1.165, 1.54) is 12.8 Å². The molecule has 1 amide bonds. The molecule has 1 unspecified atom stereocenters. The van der Waals surface area contributed by atoms with Crippen molar-refractivity contribution in [3.63, 3.8) is 0 Å². The number of imidazole rings is 1. The highest BCUT2D eigenvalue weighted by Gasteiger charge is 2.33. The lowest BCUT2D eigenvalue weighted by molar-refractivity contribution is -0.140. The summed E-state index contributed by atoms with van der Waals surface area (Å²) in [7, 11) is 0. The predicted octanol–water partition coefficient (Wildman–Crippen LogP) is 1.85. The van der Waals surface area contributed by atoms with E-state index in [1.54, 1.807) is 9.13 Å². The van der Waals surface area contributed by atoms with Crippen LogP contribution in [0.1, 0.15) is 26.2 Å². The van der Waals surface area contributed by atoms with Crippen LogP contribution in [0.5, 0.6) is 0 Å². The molecule has 2 heterocycles. The maximum absolute atomic E-state index is 13.0. The number of carbonyl (C=O) groups excluding carboxylic acids is 1. The van der Waals surface area contributed by atoms with E-state index in [9.17, 15) is 9.59 Å². The molecule has 0 spiro atoms. The van der Waals surface area contributed by atoms with Gasteiger partial charge in [-0.2, -0.15) is 0 Å². The summed E-state index contributed by atoms with van der Waals surface area (Å²) in [5.74, 6) is 0.766. The first-order valence-electron chi connectivity index (χ1n) is 9.24.